The molecular formula is C11H13N5O2. The monoisotopic (exact) mass is 247 g/mol. The topological polar surface area (TPSA) is 119 Å². The third-order valence-corrected chi connectivity index (χ3v) is 2.17. The average molecular weight is 247 g/mol. The van der Waals surface area contributed by atoms with Crippen LogP contribution >= 0.6 is 0 Å². The molecule has 0 aliphatic rings. The van der Waals surface area contributed by atoms with Gasteiger partial charge in [0, 0.05) is 6.07 Å². The maximum Gasteiger partial charge on any atom is 0.226 e. The molecule has 0 radical (unpaired) electrons. The highest BCUT2D eigenvalue weighted by atomic mass is 16.5. The highest BCUT2D eigenvalue weighted by Gasteiger charge is 2.04. The van der Waals surface area contributed by atoms with Gasteiger partial charge in [0.15, 0.2) is 0 Å². The van der Waals surface area contributed by atoms with E-state index in [-0.39, 0.29) is 18.4 Å². The molecule has 7 nitrogen and oxygen atoms in total. The number of nitrogens with one attached hydrogen (secondary N) is 1. The quantitative estimate of drug-likeness (QED) is 0.462. The van der Waals surface area contributed by atoms with Gasteiger partial charge >= 0.3 is 0 Å². The summed E-state index contributed by atoms with van der Waals surface area (Å²) in [5.41, 5.74) is 8.61. The van der Waals surface area contributed by atoms with Crippen molar-refractivity contribution < 1.29 is 9.84 Å². The Morgan fingerprint density at radius 3 is 2.83 bits per heavy atom. The molecule has 0 saturated carbocycles. The molecule has 18 heavy (non-hydrogen) atoms. The van der Waals surface area contributed by atoms with E-state index in [4.69, 9.17) is 21.4 Å². The lowest BCUT2D eigenvalue weighted by Crippen LogP contribution is -2.10. The van der Waals surface area contributed by atoms with E-state index in [0.717, 1.165) is 5.56 Å². The molecule has 1 heterocycles. The molecule has 0 unspecified atom stereocenters. The van der Waals surface area contributed by atoms with Gasteiger partial charge in [0.1, 0.15) is 11.6 Å². The predicted octanol–water partition coefficient (Wildman–Crippen LogP) is 0.629. The van der Waals surface area contributed by atoms with Crippen LogP contribution in [0.3, 0.4) is 0 Å². The minimum atomic E-state index is -0.0568. The van der Waals surface area contributed by atoms with Gasteiger partial charge in [0.25, 0.3) is 0 Å². The van der Waals surface area contributed by atoms with Crippen molar-refractivity contribution in [3.05, 3.63) is 35.9 Å². The standard InChI is InChI=1S/C11H13N5O2/c12-11-14-9(16-13)5-10(15-11)18-8-3-1-2-7(4-8)6-17/h1-5,17H,6,13H2,(H3,12,14,15,16). The minimum Gasteiger partial charge on any atom is -0.439 e. The molecule has 0 atom stereocenters. The smallest absolute Gasteiger partial charge is 0.226 e. The van der Waals surface area contributed by atoms with E-state index < -0.39 is 0 Å². The van der Waals surface area contributed by atoms with E-state index in [1.165, 1.54) is 6.07 Å². The van der Waals surface area contributed by atoms with Crippen molar-refractivity contribution in [3.8, 4) is 11.6 Å². The summed E-state index contributed by atoms with van der Waals surface area (Å²) in [6, 6.07) is 8.52. The van der Waals surface area contributed by atoms with Crippen LogP contribution in [0.2, 0.25) is 0 Å². The number of aliphatic hydroxyl groups excluding tert-OH is 1. The second-order valence-corrected chi connectivity index (χ2v) is 3.50. The van der Waals surface area contributed by atoms with Crippen molar-refractivity contribution in [1.82, 2.24) is 9.97 Å². The van der Waals surface area contributed by atoms with Crippen molar-refractivity contribution in [2.45, 2.75) is 6.61 Å². The second kappa shape index (κ2) is 5.30. The number of hydrogen-bond acceptors (Lipinski definition) is 7. The normalized spacial score (nSPS) is 10.1. The summed E-state index contributed by atoms with van der Waals surface area (Å²) >= 11 is 0. The highest BCUT2D eigenvalue weighted by molar-refractivity contribution is 5.43. The third-order valence-electron chi connectivity index (χ3n) is 2.17. The van der Waals surface area contributed by atoms with Crippen LogP contribution in [0.1, 0.15) is 5.56 Å². The molecule has 1 aromatic heterocycles. The van der Waals surface area contributed by atoms with Crippen LogP contribution in [-0.4, -0.2) is 15.1 Å². The first-order valence-electron chi connectivity index (χ1n) is 5.20. The average Bonchev–Trinajstić information content (AvgIpc) is 2.38. The molecular weight excluding hydrogens is 234 g/mol. The minimum absolute atomic E-state index is 0.0544. The Morgan fingerprint density at radius 2 is 2.11 bits per heavy atom. The maximum atomic E-state index is 9.03. The Kier molecular flexibility index (Phi) is 3.56. The Labute approximate surface area is 103 Å². The summed E-state index contributed by atoms with van der Waals surface area (Å²) < 4.78 is 5.51. The number of rotatable bonds is 4. The van der Waals surface area contributed by atoms with Crippen LogP contribution < -0.4 is 21.7 Å². The first-order chi connectivity index (χ1) is 8.71. The van der Waals surface area contributed by atoms with Crippen LogP contribution in [0.15, 0.2) is 30.3 Å². The van der Waals surface area contributed by atoms with Gasteiger partial charge in [-0.3, -0.25) is 0 Å². The summed E-state index contributed by atoms with van der Waals surface area (Å²) in [6.45, 7) is -0.0568. The Hall–Kier alpha value is -2.38. The molecule has 6 N–H and O–H groups in total. The highest BCUT2D eigenvalue weighted by Crippen LogP contribution is 2.22. The van der Waals surface area contributed by atoms with Crippen LogP contribution in [0.5, 0.6) is 11.6 Å². The zero-order valence-electron chi connectivity index (χ0n) is 9.50. The summed E-state index contributed by atoms with van der Waals surface area (Å²) in [6.07, 6.45) is 0. The number of ether oxygens (including phenoxy) is 1. The van der Waals surface area contributed by atoms with E-state index in [0.29, 0.717) is 11.6 Å². The van der Waals surface area contributed by atoms with Crippen LogP contribution in [0.25, 0.3) is 0 Å². The van der Waals surface area contributed by atoms with Gasteiger partial charge in [0.2, 0.25) is 11.8 Å². The molecule has 0 amide bonds. The van der Waals surface area contributed by atoms with Gasteiger partial charge in [-0.25, -0.2) is 5.84 Å². The number of nitrogens with zero attached hydrogens (tertiary/aromatic N) is 2. The summed E-state index contributed by atoms with van der Waals surface area (Å²) in [5, 5.41) is 9.03. The van der Waals surface area contributed by atoms with Crippen LogP contribution in [0, 0.1) is 0 Å². The number of aliphatic hydroxyl groups is 1. The zero-order chi connectivity index (χ0) is 13.0. The lowest BCUT2D eigenvalue weighted by Gasteiger charge is -2.07. The van der Waals surface area contributed by atoms with Gasteiger partial charge in [-0.1, -0.05) is 12.1 Å². The van der Waals surface area contributed by atoms with Gasteiger partial charge in [-0.15, -0.1) is 0 Å². The molecule has 1 aromatic carbocycles. The van der Waals surface area contributed by atoms with Crippen molar-refractivity contribution in [2.75, 3.05) is 11.2 Å². The summed E-state index contributed by atoms with van der Waals surface area (Å²) in [7, 11) is 0. The van der Waals surface area contributed by atoms with Crippen molar-refractivity contribution >= 4 is 11.8 Å². The predicted molar refractivity (Wildman–Crippen MR) is 66.7 cm³/mol. The molecule has 0 fully saturated rings. The molecule has 7 heteroatoms. The molecule has 0 aliphatic carbocycles. The fraction of sp³-hybridized carbons (Fsp3) is 0.0909. The summed E-state index contributed by atoms with van der Waals surface area (Å²) in [4.78, 5) is 7.76. The van der Waals surface area contributed by atoms with Crippen LogP contribution in [0.4, 0.5) is 11.8 Å². The maximum absolute atomic E-state index is 9.03. The Bertz CT molecular complexity index is 547. The second-order valence-electron chi connectivity index (χ2n) is 3.50. The van der Waals surface area contributed by atoms with Crippen LogP contribution in [-0.2, 0) is 6.61 Å². The molecule has 2 rings (SSSR count). The molecule has 0 bridgehead atoms. The largest absolute Gasteiger partial charge is 0.439 e. The van der Waals surface area contributed by atoms with E-state index in [1.807, 2.05) is 0 Å². The van der Waals surface area contributed by atoms with E-state index in [1.54, 1.807) is 24.3 Å². The number of nitrogens with two attached hydrogens (primary N) is 2. The number of hydrazine groups is 1. The SMILES string of the molecule is NNc1cc(Oc2cccc(CO)c2)nc(N)n1. The Balaban J connectivity index is 2.24. The van der Waals surface area contributed by atoms with Crippen molar-refractivity contribution in [2.24, 2.45) is 5.84 Å². The molecule has 2 aromatic rings. The first kappa shape index (κ1) is 12.1. The van der Waals surface area contributed by atoms with Crippen molar-refractivity contribution in [1.29, 1.82) is 0 Å². The molecule has 0 saturated heterocycles. The number of nitrogen functional groups attached to an aromatic ring is 2. The number of hydrogen-bond donors (Lipinski definition) is 4. The van der Waals surface area contributed by atoms with Crippen molar-refractivity contribution in [3.63, 3.8) is 0 Å². The Morgan fingerprint density at radius 1 is 1.28 bits per heavy atom. The molecule has 94 valence electrons. The summed E-state index contributed by atoms with van der Waals surface area (Å²) in [5.74, 6) is 6.47. The third kappa shape index (κ3) is 2.84. The first-order valence-corrected chi connectivity index (χ1v) is 5.20. The van der Waals surface area contributed by atoms with E-state index >= 15 is 0 Å². The number of aromatic nitrogens is 2. The lowest BCUT2D eigenvalue weighted by molar-refractivity contribution is 0.281. The number of anilines is 2. The zero-order valence-corrected chi connectivity index (χ0v) is 9.50. The van der Waals surface area contributed by atoms with E-state index in [9.17, 15) is 0 Å². The lowest BCUT2D eigenvalue weighted by atomic mass is 10.2. The molecule has 0 spiro atoms. The fourth-order valence-corrected chi connectivity index (χ4v) is 1.40. The molecule has 0 aliphatic heterocycles. The van der Waals surface area contributed by atoms with Gasteiger partial charge in [-0.2, -0.15) is 9.97 Å². The van der Waals surface area contributed by atoms with Gasteiger partial charge in [-0.05, 0) is 17.7 Å². The fourth-order valence-electron chi connectivity index (χ4n) is 1.40. The van der Waals surface area contributed by atoms with Gasteiger partial charge < -0.3 is 21.0 Å². The number of benzene rings is 1. The van der Waals surface area contributed by atoms with E-state index in [2.05, 4.69) is 15.4 Å². The van der Waals surface area contributed by atoms with Gasteiger partial charge in [0.05, 0.1) is 6.61 Å².